The summed E-state index contributed by atoms with van der Waals surface area (Å²) in [6, 6.07) is 8.74. The molecule has 5 aromatic rings. The van der Waals surface area contributed by atoms with Crippen LogP contribution in [-0.2, 0) is 19.5 Å². The van der Waals surface area contributed by atoms with Crippen molar-refractivity contribution in [2.24, 2.45) is 7.05 Å². The molecule has 0 fully saturated rings. The average Bonchev–Trinajstić information content (AvgIpc) is 3.62. The Morgan fingerprint density at radius 3 is 2.70 bits per heavy atom. The zero-order valence-electron chi connectivity index (χ0n) is 19.4. The van der Waals surface area contributed by atoms with Gasteiger partial charge >= 0.3 is 5.92 Å². The lowest BCUT2D eigenvalue weighted by atomic mass is 10.1. The highest BCUT2D eigenvalue weighted by Gasteiger charge is 2.45. The third-order valence-electron chi connectivity index (χ3n) is 6.28. The Bertz CT molecular complexity index is 1600. The predicted octanol–water partition coefficient (Wildman–Crippen LogP) is 4.48. The lowest BCUT2D eigenvalue weighted by Crippen LogP contribution is -2.30. The molecule has 4 aromatic heterocycles. The number of benzene rings is 1. The number of halogens is 4. The summed E-state index contributed by atoms with van der Waals surface area (Å²) in [5, 5.41) is 14.8. The van der Waals surface area contributed by atoms with E-state index in [0.29, 0.717) is 28.7 Å². The Kier molecular flexibility index (Phi) is 5.28. The van der Waals surface area contributed by atoms with E-state index in [1.54, 1.807) is 53.1 Å². The van der Waals surface area contributed by atoms with Gasteiger partial charge in [0.05, 0.1) is 29.2 Å². The van der Waals surface area contributed by atoms with Crippen LogP contribution in [0.5, 0.6) is 0 Å². The fraction of sp³-hybridized carbons (Fsp3) is 0.208. The molecule has 13 heteroatoms. The van der Waals surface area contributed by atoms with E-state index in [2.05, 4.69) is 30.6 Å². The molecule has 1 N–H and O–H groups in total. The van der Waals surface area contributed by atoms with Crippen LogP contribution in [0.3, 0.4) is 0 Å². The van der Waals surface area contributed by atoms with Gasteiger partial charge in [0.2, 0.25) is 11.8 Å². The fourth-order valence-corrected chi connectivity index (χ4v) is 4.47. The maximum atomic E-state index is 15.4. The molecule has 0 radical (unpaired) electrons. The van der Waals surface area contributed by atoms with Crippen molar-refractivity contribution in [3.05, 3.63) is 78.3 Å². The summed E-state index contributed by atoms with van der Waals surface area (Å²) in [6.45, 7) is -0.882. The van der Waals surface area contributed by atoms with Gasteiger partial charge in [0, 0.05) is 37.6 Å². The standard InChI is InChI=1S/C24H19F4N9/c1-35-20(7-9-30-35)32-23-29-8-6-18(31-23)14-10-19-21-33-34-22(37(21)15(11-25)13-36(19)12-14)24(27,28)16-4-2-3-5-17(16)26/h2-10,12,15H,11,13H2,1H3,(H,29,31,32)/t15-/m0/s1. The Morgan fingerprint density at radius 2 is 1.95 bits per heavy atom. The molecule has 9 nitrogen and oxygen atoms in total. The molecular formula is C24H19F4N9. The van der Waals surface area contributed by atoms with Gasteiger partial charge in [0.25, 0.3) is 0 Å². The molecule has 5 heterocycles. The SMILES string of the molecule is Cn1nccc1Nc1nccc(-c2cc3n(c2)C[C@H](CF)n2c-3nnc2C(F)(F)c2ccccc2F)n1. The van der Waals surface area contributed by atoms with Crippen LogP contribution < -0.4 is 5.32 Å². The monoisotopic (exact) mass is 509 g/mol. The second-order valence-corrected chi connectivity index (χ2v) is 8.58. The topological polar surface area (TPSA) is 91.3 Å². The lowest BCUT2D eigenvalue weighted by molar-refractivity contribution is 0.0221. The van der Waals surface area contributed by atoms with Crippen LogP contribution in [0.1, 0.15) is 17.4 Å². The van der Waals surface area contributed by atoms with E-state index in [9.17, 15) is 8.78 Å². The van der Waals surface area contributed by atoms with Crippen LogP contribution in [0.2, 0.25) is 0 Å². The Labute approximate surface area is 207 Å². The van der Waals surface area contributed by atoms with E-state index in [-0.39, 0.29) is 12.4 Å². The number of hydrogen-bond acceptors (Lipinski definition) is 6. The Hall–Kier alpha value is -4.55. The maximum absolute atomic E-state index is 15.4. The van der Waals surface area contributed by atoms with Gasteiger partial charge in [-0.25, -0.2) is 18.7 Å². The highest BCUT2D eigenvalue weighted by atomic mass is 19.3. The largest absolute Gasteiger partial charge is 0.342 e. The summed E-state index contributed by atoms with van der Waals surface area (Å²) in [7, 11) is 1.77. The van der Waals surface area contributed by atoms with Gasteiger partial charge in [0.15, 0.2) is 5.82 Å². The molecule has 0 saturated carbocycles. The Balaban J connectivity index is 1.40. The normalized spacial score (nSPS) is 14.9. The molecule has 0 aliphatic carbocycles. The quantitative estimate of drug-likeness (QED) is 0.340. The van der Waals surface area contributed by atoms with Gasteiger partial charge in [-0.1, -0.05) is 12.1 Å². The van der Waals surface area contributed by atoms with Crippen molar-refractivity contribution in [3.63, 3.8) is 0 Å². The van der Waals surface area contributed by atoms with Crippen LogP contribution in [0.4, 0.5) is 29.3 Å². The summed E-state index contributed by atoms with van der Waals surface area (Å²) in [5.41, 5.74) is 0.824. The molecule has 0 bridgehead atoms. The minimum atomic E-state index is -3.82. The van der Waals surface area contributed by atoms with Crippen molar-refractivity contribution in [2.45, 2.75) is 18.5 Å². The minimum Gasteiger partial charge on any atom is -0.342 e. The average molecular weight is 509 g/mol. The zero-order chi connectivity index (χ0) is 25.7. The molecule has 0 spiro atoms. The number of aromatic nitrogens is 8. The van der Waals surface area contributed by atoms with E-state index in [1.807, 2.05) is 0 Å². The predicted molar refractivity (Wildman–Crippen MR) is 125 cm³/mol. The maximum Gasteiger partial charge on any atom is 0.334 e. The van der Waals surface area contributed by atoms with Gasteiger partial charge in [0.1, 0.15) is 18.3 Å². The Morgan fingerprint density at radius 1 is 1.11 bits per heavy atom. The number of hydrogen-bond donors (Lipinski definition) is 1. The van der Waals surface area contributed by atoms with Crippen LogP contribution in [0.15, 0.2) is 61.1 Å². The minimum absolute atomic E-state index is 0.0580. The van der Waals surface area contributed by atoms with E-state index >= 15 is 8.78 Å². The van der Waals surface area contributed by atoms with Gasteiger partial charge in [-0.15, -0.1) is 10.2 Å². The molecule has 0 amide bonds. The number of nitrogens with zero attached hydrogens (tertiary/aromatic N) is 8. The number of nitrogens with one attached hydrogen (secondary N) is 1. The highest BCUT2D eigenvalue weighted by molar-refractivity contribution is 5.69. The van der Waals surface area contributed by atoms with Gasteiger partial charge in [-0.3, -0.25) is 9.25 Å². The third-order valence-corrected chi connectivity index (χ3v) is 6.28. The summed E-state index contributed by atoms with van der Waals surface area (Å²) in [6.07, 6.45) is 4.97. The number of fused-ring (bicyclic) bond motifs is 3. The lowest BCUT2D eigenvalue weighted by Gasteiger charge is -2.28. The fourth-order valence-electron chi connectivity index (χ4n) is 4.47. The van der Waals surface area contributed by atoms with E-state index < -0.39 is 35.8 Å². The molecule has 37 heavy (non-hydrogen) atoms. The summed E-state index contributed by atoms with van der Waals surface area (Å²) in [4.78, 5) is 8.77. The number of aryl methyl sites for hydroxylation is 1. The van der Waals surface area contributed by atoms with Crippen molar-refractivity contribution < 1.29 is 17.6 Å². The van der Waals surface area contributed by atoms with Gasteiger partial charge < -0.3 is 9.88 Å². The number of anilines is 2. The number of alkyl halides is 3. The van der Waals surface area contributed by atoms with Crippen molar-refractivity contribution in [1.82, 2.24) is 39.1 Å². The first kappa shape index (κ1) is 22.9. The van der Waals surface area contributed by atoms with Gasteiger partial charge in [-0.05, 0) is 24.3 Å². The van der Waals surface area contributed by atoms with Crippen LogP contribution >= 0.6 is 0 Å². The number of rotatable bonds is 6. The van der Waals surface area contributed by atoms with E-state index in [1.165, 1.54) is 12.1 Å². The molecule has 0 unspecified atom stereocenters. The second-order valence-electron chi connectivity index (χ2n) is 8.58. The van der Waals surface area contributed by atoms with Crippen molar-refractivity contribution >= 4 is 11.8 Å². The highest BCUT2D eigenvalue weighted by Crippen LogP contribution is 2.42. The molecule has 0 saturated heterocycles. The smallest absolute Gasteiger partial charge is 0.334 e. The third kappa shape index (κ3) is 3.74. The van der Waals surface area contributed by atoms with Crippen molar-refractivity contribution in [2.75, 3.05) is 12.0 Å². The van der Waals surface area contributed by atoms with Crippen LogP contribution in [0.25, 0.3) is 22.8 Å². The summed E-state index contributed by atoms with van der Waals surface area (Å²) in [5.74, 6) is -4.62. The second kappa shape index (κ2) is 8.54. The first-order chi connectivity index (χ1) is 17.9. The summed E-state index contributed by atoms with van der Waals surface area (Å²) < 4.78 is 63.7. The van der Waals surface area contributed by atoms with Gasteiger partial charge in [-0.2, -0.15) is 13.9 Å². The molecule has 6 rings (SSSR count). The molecule has 1 aromatic carbocycles. The van der Waals surface area contributed by atoms with Crippen molar-refractivity contribution in [3.8, 4) is 22.8 Å². The first-order valence-electron chi connectivity index (χ1n) is 11.3. The molecule has 1 aliphatic heterocycles. The molecular weight excluding hydrogens is 490 g/mol. The van der Waals surface area contributed by atoms with Crippen LogP contribution in [-0.4, -0.2) is 45.8 Å². The van der Waals surface area contributed by atoms with E-state index in [4.69, 9.17) is 0 Å². The molecule has 1 aliphatic rings. The van der Waals surface area contributed by atoms with Crippen LogP contribution in [0, 0.1) is 5.82 Å². The van der Waals surface area contributed by atoms with E-state index in [0.717, 1.165) is 16.7 Å². The molecule has 188 valence electrons. The van der Waals surface area contributed by atoms with Crippen molar-refractivity contribution in [1.29, 1.82) is 0 Å². The first-order valence-corrected chi connectivity index (χ1v) is 11.3. The zero-order valence-corrected chi connectivity index (χ0v) is 19.4. The molecule has 1 atom stereocenters. The summed E-state index contributed by atoms with van der Waals surface area (Å²) >= 11 is 0.